The van der Waals surface area contributed by atoms with E-state index in [9.17, 15) is 8.42 Å². The number of quaternary nitrogens is 1. The maximum Gasteiger partial charge on any atom is 0.159 e. The molecule has 1 aliphatic heterocycles. The van der Waals surface area contributed by atoms with Gasteiger partial charge in [-0.25, -0.2) is 8.42 Å². The highest BCUT2D eigenvalue weighted by Crippen LogP contribution is 2.39. The van der Waals surface area contributed by atoms with E-state index in [-0.39, 0.29) is 11.3 Å². The molecule has 80 valence electrons. The zero-order valence-electron chi connectivity index (χ0n) is 8.97. The smallest absolute Gasteiger partial charge is 0.159 e. The first kappa shape index (κ1) is 10.2. The summed E-state index contributed by atoms with van der Waals surface area (Å²) >= 11 is 0. The Morgan fingerprint density at radius 3 is 2.36 bits per heavy atom. The Balaban J connectivity index is 2.33. The summed E-state index contributed by atoms with van der Waals surface area (Å²) in [6, 6.07) is 0.146. The highest BCUT2D eigenvalue weighted by atomic mass is 32.2. The summed E-state index contributed by atoms with van der Waals surface area (Å²) in [5.41, 5.74) is 0. The van der Waals surface area contributed by atoms with Crippen molar-refractivity contribution >= 4 is 9.84 Å². The second kappa shape index (κ2) is 2.83. The molecule has 0 aromatic heterocycles. The van der Waals surface area contributed by atoms with E-state index < -0.39 is 9.84 Å². The fourth-order valence-corrected chi connectivity index (χ4v) is 5.05. The summed E-state index contributed by atoms with van der Waals surface area (Å²) in [4.78, 5) is 0. The highest BCUT2D eigenvalue weighted by Gasteiger charge is 2.54. The first-order valence-corrected chi connectivity index (χ1v) is 6.73. The van der Waals surface area contributed by atoms with E-state index in [1.807, 2.05) is 0 Å². The predicted molar refractivity (Wildman–Crippen MR) is 56.6 cm³/mol. The van der Waals surface area contributed by atoms with Crippen LogP contribution >= 0.6 is 0 Å². The summed E-state index contributed by atoms with van der Waals surface area (Å²) < 4.78 is 24.0. The van der Waals surface area contributed by atoms with Gasteiger partial charge in [-0.1, -0.05) is 6.08 Å². The lowest BCUT2D eigenvalue weighted by Gasteiger charge is -2.47. The Bertz CT molecular complexity index is 364. The van der Waals surface area contributed by atoms with Crippen molar-refractivity contribution in [2.24, 2.45) is 5.92 Å². The van der Waals surface area contributed by atoms with Crippen molar-refractivity contribution in [2.45, 2.75) is 17.7 Å². The predicted octanol–water partition coefficient (Wildman–Crippen LogP) is 0.434. The summed E-state index contributed by atoms with van der Waals surface area (Å²) in [6.07, 6.45) is 5.17. The van der Waals surface area contributed by atoms with Gasteiger partial charge in [0.1, 0.15) is 11.3 Å². The number of sulfone groups is 1. The van der Waals surface area contributed by atoms with Crippen molar-refractivity contribution < 1.29 is 12.9 Å². The van der Waals surface area contributed by atoms with Crippen molar-refractivity contribution in [2.75, 3.05) is 26.9 Å². The molecule has 3 nitrogen and oxygen atoms in total. The number of allylic oxidation sites excluding steroid dienone is 1. The molecule has 0 aromatic rings. The van der Waals surface area contributed by atoms with Crippen LogP contribution in [0.3, 0.4) is 0 Å². The van der Waals surface area contributed by atoms with Crippen LogP contribution in [0.25, 0.3) is 0 Å². The zero-order chi connectivity index (χ0) is 10.6. The van der Waals surface area contributed by atoms with E-state index in [0.717, 1.165) is 6.42 Å². The molecule has 1 fully saturated rings. The molecule has 3 atom stereocenters. The summed E-state index contributed by atoms with van der Waals surface area (Å²) in [7, 11) is 3.40. The van der Waals surface area contributed by atoms with E-state index >= 15 is 0 Å². The third-order valence-electron chi connectivity index (χ3n) is 3.33. The first-order valence-electron chi connectivity index (χ1n) is 5.02. The molecule has 0 N–H and O–H groups in total. The SMILES string of the molecule is C[N+](C)(C)C1C=CCC2CS(=O)(=O)C21. The summed E-state index contributed by atoms with van der Waals surface area (Å²) in [6.45, 7) is 0. The monoisotopic (exact) mass is 216 g/mol. The Morgan fingerprint density at radius 2 is 1.93 bits per heavy atom. The minimum Gasteiger partial charge on any atom is -0.324 e. The van der Waals surface area contributed by atoms with Gasteiger partial charge in [0, 0.05) is 0 Å². The van der Waals surface area contributed by atoms with Crippen molar-refractivity contribution in [3.63, 3.8) is 0 Å². The third kappa shape index (κ3) is 1.41. The van der Waals surface area contributed by atoms with Crippen LogP contribution in [0.1, 0.15) is 6.42 Å². The number of likely N-dealkylation sites (N-methyl/N-ethyl adjacent to an activating group) is 1. The van der Waals surface area contributed by atoms with Crippen LogP contribution in [0.5, 0.6) is 0 Å². The molecule has 0 aromatic carbocycles. The van der Waals surface area contributed by atoms with Crippen LogP contribution in [0.4, 0.5) is 0 Å². The number of rotatable bonds is 1. The van der Waals surface area contributed by atoms with Gasteiger partial charge in [-0.2, -0.15) is 0 Å². The van der Waals surface area contributed by atoms with Gasteiger partial charge in [0.15, 0.2) is 9.84 Å². The second-order valence-electron chi connectivity index (χ2n) is 5.32. The number of hydrogen-bond donors (Lipinski definition) is 0. The van der Waals surface area contributed by atoms with E-state index in [1.165, 1.54) is 0 Å². The first-order chi connectivity index (χ1) is 6.32. The normalized spacial score (nSPS) is 40.1. The number of fused-ring (bicyclic) bond motifs is 1. The molecule has 4 heteroatoms. The lowest BCUT2D eigenvalue weighted by Crippen LogP contribution is -2.63. The molecule has 0 saturated carbocycles. The quantitative estimate of drug-likeness (QED) is 0.471. The molecule has 0 amide bonds. The van der Waals surface area contributed by atoms with Gasteiger partial charge < -0.3 is 4.48 Å². The van der Waals surface area contributed by atoms with Crippen molar-refractivity contribution in [1.82, 2.24) is 0 Å². The Morgan fingerprint density at radius 1 is 1.29 bits per heavy atom. The molecule has 3 unspecified atom stereocenters. The van der Waals surface area contributed by atoms with Gasteiger partial charge in [0.2, 0.25) is 0 Å². The Labute approximate surface area is 85.9 Å². The van der Waals surface area contributed by atoms with Gasteiger partial charge in [-0.15, -0.1) is 0 Å². The van der Waals surface area contributed by atoms with Gasteiger partial charge >= 0.3 is 0 Å². The molecule has 0 spiro atoms. The van der Waals surface area contributed by atoms with E-state index in [1.54, 1.807) is 0 Å². The second-order valence-corrected chi connectivity index (χ2v) is 7.53. The van der Waals surface area contributed by atoms with Gasteiger partial charge in [-0.05, 0) is 18.4 Å². The minimum absolute atomic E-state index is 0.118. The maximum atomic E-state index is 11.7. The van der Waals surface area contributed by atoms with Crippen LogP contribution < -0.4 is 0 Å². The molecule has 14 heavy (non-hydrogen) atoms. The van der Waals surface area contributed by atoms with Crippen LogP contribution in [-0.2, 0) is 9.84 Å². The number of nitrogens with zero attached hydrogens (tertiary/aromatic N) is 1. The van der Waals surface area contributed by atoms with Gasteiger partial charge in [-0.3, -0.25) is 0 Å². The minimum atomic E-state index is -2.78. The molecule has 1 saturated heterocycles. The topological polar surface area (TPSA) is 34.1 Å². The van der Waals surface area contributed by atoms with Crippen LogP contribution in [0.2, 0.25) is 0 Å². The van der Waals surface area contributed by atoms with Crippen molar-refractivity contribution in [3.05, 3.63) is 12.2 Å². The molecule has 0 bridgehead atoms. The highest BCUT2D eigenvalue weighted by molar-refractivity contribution is 7.93. The van der Waals surface area contributed by atoms with Crippen molar-refractivity contribution in [3.8, 4) is 0 Å². The van der Waals surface area contributed by atoms with Crippen molar-refractivity contribution in [1.29, 1.82) is 0 Å². The Kier molecular flexibility index (Phi) is 2.05. The average molecular weight is 216 g/mol. The van der Waals surface area contributed by atoms with Crippen LogP contribution in [0, 0.1) is 5.92 Å². The molecular formula is C10H18NO2S+. The largest absolute Gasteiger partial charge is 0.324 e. The molecule has 1 aliphatic carbocycles. The van der Waals surface area contributed by atoms with E-state index in [2.05, 4.69) is 33.3 Å². The lowest BCUT2D eigenvalue weighted by atomic mass is 9.89. The summed E-state index contributed by atoms with van der Waals surface area (Å²) in [5, 5.41) is -0.118. The zero-order valence-corrected chi connectivity index (χ0v) is 9.79. The number of hydrogen-bond acceptors (Lipinski definition) is 2. The summed E-state index contributed by atoms with van der Waals surface area (Å²) in [5.74, 6) is 0.783. The molecular weight excluding hydrogens is 198 g/mol. The molecule has 1 heterocycles. The Hall–Kier alpha value is -0.350. The van der Waals surface area contributed by atoms with E-state index in [0.29, 0.717) is 16.2 Å². The molecule has 2 aliphatic rings. The fourth-order valence-electron chi connectivity index (χ4n) is 2.57. The van der Waals surface area contributed by atoms with Gasteiger partial charge in [0.05, 0.1) is 26.9 Å². The van der Waals surface area contributed by atoms with E-state index in [4.69, 9.17) is 0 Å². The van der Waals surface area contributed by atoms with Crippen LogP contribution in [-0.4, -0.2) is 51.1 Å². The lowest BCUT2D eigenvalue weighted by molar-refractivity contribution is -0.889. The standard InChI is InChI=1S/C10H18NO2S/c1-11(2,3)9-6-4-5-8-7-14(12,13)10(8)9/h4,6,8-10H,5,7H2,1-3H3/q+1. The molecule has 0 radical (unpaired) electrons. The average Bonchev–Trinajstić information content (AvgIpc) is 2.00. The van der Waals surface area contributed by atoms with Gasteiger partial charge in [0.25, 0.3) is 0 Å². The third-order valence-corrected chi connectivity index (χ3v) is 5.71. The van der Waals surface area contributed by atoms with Crippen LogP contribution in [0.15, 0.2) is 12.2 Å². The fraction of sp³-hybridized carbons (Fsp3) is 0.800. The maximum absolute atomic E-state index is 11.7. The molecule has 2 rings (SSSR count).